The van der Waals surface area contributed by atoms with Gasteiger partial charge in [-0.05, 0) is 62.5 Å². The number of benzene rings is 8. The second kappa shape index (κ2) is 13.0. The number of hydrogen-bond donors (Lipinski definition) is 0. The molecule has 0 bridgehead atoms. The molecular weight excluding hydrogens is 681 g/mol. The highest BCUT2D eigenvalue weighted by molar-refractivity contribution is 6.21. The number of aromatic nitrogens is 4. The number of nitrogens with zero attached hydrogens (tertiary/aromatic N) is 4. The van der Waals surface area contributed by atoms with Gasteiger partial charge in [-0.2, -0.15) is 0 Å². The monoisotopic (exact) mass is 716 g/mol. The lowest BCUT2D eigenvalue weighted by Gasteiger charge is -2.27. The Bertz CT molecular complexity index is 3170. The van der Waals surface area contributed by atoms with Crippen molar-refractivity contribution in [3.8, 4) is 34.2 Å². The Balaban J connectivity index is 1.20. The van der Waals surface area contributed by atoms with E-state index in [4.69, 9.17) is 15.0 Å². The van der Waals surface area contributed by atoms with Gasteiger partial charge in [-0.1, -0.05) is 177 Å². The van der Waals surface area contributed by atoms with Crippen molar-refractivity contribution >= 4 is 65.4 Å². The first-order valence-electron chi connectivity index (χ1n) is 19.3. The summed E-state index contributed by atoms with van der Waals surface area (Å²) in [4.78, 5) is 15.7. The molecule has 2 aromatic heterocycles. The van der Waals surface area contributed by atoms with Crippen molar-refractivity contribution in [2.45, 2.75) is 13.3 Å². The van der Waals surface area contributed by atoms with Gasteiger partial charge in [0.05, 0.1) is 11.0 Å². The first-order chi connectivity index (χ1) is 27.7. The molecule has 0 saturated heterocycles. The van der Waals surface area contributed by atoms with Gasteiger partial charge in [0.15, 0.2) is 17.5 Å². The van der Waals surface area contributed by atoms with Crippen molar-refractivity contribution in [1.29, 1.82) is 0 Å². The van der Waals surface area contributed by atoms with Crippen LogP contribution in [0.1, 0.15) is 18.9 Å². The molecule has 11 rings (SSSR count). The maximum Gasteiger partial charge on any atom is 0.165 e. The molecule has 0 aliphatic heterocycles. The molecule has 56 heavy (non-hydrogen) atoms. The second-order valence-electron chi connectivity index (χ2n) is 14.8. The van der Waals surface area contributed by atoms with Crippen molar-refractivity contribution in [3.05, 3.63) is 188 Å². The van der Waals surface area contributed by atoms with Crippen LogP contribution >= 0.6 is 0 Å². The van der Waals surface area contributed by atoms with Crippen LogP contribution in [0.3, 0.4) is 0 Å². The van der Waals surface area contributed by atoms with Crippen molar-refractivity contribution in [1.82, 2.24) is 19.5 Å². The van der Waals surface area contributed by atoms with E-state index in [1.807, 2.05) is 36.4 Å². The second-order valence-corrected chi connectivity index (χ2v) is 14.8. The van der Waals surface area contributed by atoms with E-state index in [1.165, 1.54) is 65.6 Å². The van der Waals surface area contributed by atoms with Crippen LogP contribution in [0.25, 0.3) is 99.6 Å². The summed E-state index contributed by atoms with van der Waals surface area (Å²) in [5.74, 6) is 2.17. The molecule has 2 heterocycles. The molecule has 1 atom stereocenters. The highest BCUT2D eigenvalue weighted by Gasteiger charge is 2.28. The molecule has 1 aliphatic carbocycles. The summed E-state index contributed by atoms with van der Waals surface area (Å²) in [6, 6.07) is 60.2. The lowest BCUT2D eigenvalue weighted by molar-refractivity contribution is 0.751. The minimum absolute atomic E-state index is 0.188. The van der Waals surface area contributed by atoms with Crippen LogP contribution in [-0.2, 0) is 0 Å². The van der Waals surface area contributed by atoms with E-state index in [0.29, 0.717) is 17.5 Å². The third-order valence-corrected chi connectivity index (χ3v) is 11.5. The summed E-state index contributed by atoms with van der Waals surface area (Å²) >= 11 is 0. The van der Waals surface area contributed by atoms with E-state index in [9.17, 15) is 0 Å². The fourth-order valence-corrected chi connectivity index (χ4v) is 8.96. The van der Waals surface area contributed by atoms with Gasteiger partial charge in [-0.25, -0.2) is 15.0 Å². The van der Waals surface area contributed by atoms with Crippen LogP contribution in [0, 0.1) is 5.92 Å². The minimum atomic E-state index is 0.188. The Morgan fingerprint density at radius 3 is 1.59 bits per heavy atom. The van der Waals surface area contributed by atoms with E-state index in [2.05, 4.69) is 157 Å². The Labute approximate surface area is 324 Å². The molecule has 4 heteroatoms. The maximum absolute atomic E-state index is 5.32. The van der Waals surface area contributed by atoms with E-state index in [1.54, 1.807) is 0 Å². The Morgan fingerprint density at radius 2 is 0.946 bits per heavy atom. The van der Waals surface area contributed by atoms with E-state index in [-0.39, 0.29) is 5.92 Å². The van der Waals surface area contributed by atoms with E-state index in [0.717, 1.165) is 28.5 Å². The molecule has 0 spiro atoms. The fourth-order valence-electron chi connectivity index (χ4n) is 8.96. The maximum atomic E-state index is 5.32. The van der Waals surface area contributed by atoms with E-state index < -0.39 is 0 Å². The first kappa shape index (κ1) is 32.3. The smallest absolute Gasteiger partial charge is 0.165 e. The van der Waals surface area contributed by atoms with Gasteiger partial charge in [0.1, 0.15) is 0 Å². The standard InChI is InChI=1S/C52H36N4/c1-33-32-37(56-46-27-15-14-24-42(46)45-30-28-34-16-8-9-21-39(34)49(45)56)29-31-38(33)47-43-25-12-10-22-40(43)41-23-11-13-26-44(41)48(47)52-54-50(35-17-4-2-5-18-35)53-51(55-52)36-19-6-3-7-20-36/h2-31,33H,32H2,1H3. The lowest BCUT2D eigenvalue weighted by Crippen LogP contribution is -2.11. The molecule has 0 amide bonds. The summed E-state index contributed by atoms with van der Waals surface area (Å²) in [6.07, 6.45) is 5.59. The Morgan fingerprint density at radius 1 is 0.429 bits per heavy atom. The molecule has 8 aromatic carbocycles. The number of hydrogen-bond acceptors (Lipinski definition) is 3. The SMILES string of the molecule is CC1CC(n2c3ccccc3c3ccc4ccccc4c32)=CC=C1c1c(-c2nc(-c3ccccc3)nc(-c3ccccc3)n2)c2ccccc2c2ccccc12. The number of allylic oxidation sites excluding steroid dienone is 4. The average molecular weight is 717 g/mol. The Hall–Kier alpha value is -7.17. The summed E-state index contributed by atoms with van der Waals surface area (Å²) in [5.41, 5.74) is 9.19. The topological polar surface area (TPSA) is 43.6 Å². The summed E-state index contributed by atoms with van der Waals surface area (Å²) in [5, 5.41) is 9.80. The van der Waals surface area contributed by atoms with Gasteiger partial charge in [-0.3, -0.25) is 0 Å². The summed E-state index contributed by atoms with van der Waals surface area (Å²) < 4.78 is 2.51. The zero-order chi connectivity index (χ0) is 37.2. The highest BCUT2D eigenvalue weighted by atomic mass is 15.0. The van der Waals surface area contributed by atoms with Crippen LogP contribution in [0.2, 0.25) is 0 Å². The predicted octanol–water partition coefficient (Wildman–Crippen LogP) is 13.4. The van der Waals surface area contributed by atoms with Gasteiger partial charge in [-0.15, -0.1) is 0 Å². The third-order valence-electron chi connectivity index (χ3n) is 11.5. The zero-order valence-electron chi connectivity index (χ0n) is 30.9. The molecule has 0 saturated carbocycles. The number of para-hydroxylation sites is 1. The van der Waals surface area contributed by atoms with Gasteiger partial charge in [0, 0.05) is 38.5 Å². The van der Waals surface area contributed by atoms with Crippen LogP contribution in [0.4, 0.5) is 0 Å². The van der Waals surface area contributed by atoms with Crippen LogP contribution in [0.15, 0.2) is 182 Å². The normalized spacial score (nSPS) is 14.5. The predicted molar refractivity (Wildman–Crippen MR) is 234 cm³/mol. The van der Waals surface area contributed by atoms with E-state index >= 15 is 0 Å². The molecule has 10 aromatic rings. The Kier molecular flexibility index (Phi) is 7.49. The quantitative estimate of drug-likeness (QED) is 0.167. The third kappa shape index (κ3) is 5.10. The molecule has 0 fully saturated rings. The lowest BCUT2D eigenvalue weighted by atomic mass is 9.80. The number of fused-ring (bicyclic) bond motifs is 8. The molecule has 0 N–H and O–H groups in total. The molecule has 1 unspecified atom stereocenters. The van der Waals surface area contributed by atoms with Crippen molar-refractivity contribution in [2.24, 2.45) is 5.92 Å². The highest BCUT2D eigenvalue weighted by Crippen LogP contribution is 2.47. The molecule has 1 aliphatic rings. The molecule has 264 valence electrons. The van der Waals surface area contributed by atoms with Gasteiger partial charge >= 0.3 is 0 Å². The molecule has 4 nitrogen and oxygen atoms in total. The van der Waals surface area contributed by atoms with Gasteiger partial charge < -0.3 is 4.57 Å². The van der Waals surface area contributed by atoms with Crippen LogP contribution in [-0.4, -0.2) is 19.5 Å². The van der Waals surface area contributed by atoms with Crippen molar-refractivity contribution in [2.75, 3.05) is 0 Å². The van der Waals surface area contributed by atoms with Gasteiger partial charge in [0.2, 0.25) is 0 Å². The summed E-state index contributed by atoms with van der Waals surface area (Å²) in [6.45, 7) is 2.37. The first-order valence-corrected chi connectivity index (χ1v) is 19.3. The molecule has 0 radical (unpaired) electrons. The molecular formula is C52H36N4. The number of rotatable bonds is 5. The van der Waals surface area contributed by atoms with Gasteiger partial charge in [0.25, 0.3) is 0 Å². The minimum Gasteiger partial charge on any atom is -0.312 e. The zero-order valence-corrected chi connectivity index (χ0v) is 30.9. The average Bonchev–Trinajstić information content (AvgIpc) is 3.61. The van der Waals surface area contributed by atoms with Crippen LogP contribution in [0.5, 0.6) is 0 Å². The fraction of sp³-hybridized carbons (Fsp3) is 0.0577. The largest absolute Gasteiger partial charge is 0.312 e. The van der Waals surface area contributed by atoms with Crippen LogP contribution < -0.4 is 0 Å². The summed E-state index contributed by atoms with van der Waals surface area (Å²) in [7, 11) is 0. The van der Waals surface area contributed by atoms with Crippen molar-refractivity contribution in [3.63, 3.8) is 0 Å². The van der Waals surface area contributed by atoms with Crippen molar-refractivity contribution < 1.29 is 0 Å².